The molecule has 4 aromatic rings. The summed E-state index contributed by atoms with van der Waals surface area (Å²) in [5.74, 6) is 0.360. The Kier molecular flexibility index (Phi) is 6.14. The number of fused-ring (bicyclic) bond motifs is 2. The first-order valence-corrected chi connectivity index (χ1v) is 12.6. The Hall–Kier alpha value is -3.17. The molecule has 1 aromatic heterocycles. The molecule has 0 saturated heterocycles. The van der Waals surface area contributed by atoms with Gasteiger partial charge >= 0.3 is 0 Å². The Bertz CT molecular complexity index is 1440. The zero-order chi connectivity index (χ0) is 23.7. The first-order chi connectivity index (χ1) is 16.5. The topological polar surface area (TPSA) is 112 Å². The van der Waals surface area contributed by atoms with Gasteiger partial charge in [-0.3, -0.25) is 0 Å². The third kappa shape index (κ3) is 4.33. The Balaban J connectivity index is 1.48. The van der Waals surface area contributed by atoms with Crippen LogP contribution in [0.15, 0.2) is 71.8 Å². The zero-order valence-electron chi connectivity index (χ0n) is 18.5. The van der Waals surface area contributed by atoms with Gasteiger partial charge in [0.2, 0.25) is 10.0 Å². The molecule has 176 valence electrons. The molecule has 5 rings (SSSR count). The predicted octanol–water partition coefficient (Wildman–Crippen LogP) is 3.14. The molecule has 4 N–H and O–H groups in total. The molecular weight excluding hydrogens is 452 g/mol. The number of hydrogen-bond donors (Lipinski definition) is 4. The van der Waals surface area contributed by atoms with E-state index in [9.17, 15) is 18.6 Å². The van der Waals surface area contributed by atoms with Gasteiger partial charge in [0.1, 0.15) is 10.6 Å². The lowest BCUT2D eigenvalue weighted by atomic mass is 10.0. The van der Waals surface area contributed by atoms with Crippen LogP contribution in [0, 0.1) is 0 Å². The quantitative estimate of drug-likeness (QED) is 0.311. The van der Waals surface area contributed by atoms with Crippen LogP contribution in [0.5, 0.6) is 5.75 Å². The van der Waals surface area contributed by atoms with Crippen molar-refractivity contribution < 1.29 is 23.4 Å². The number of hydrogen-bond acceptors (Lipinski definition) is 5. The molecule has 0 radical (unpaired) electrons. The SMILES string of the molecule is O=S(=O)(N[C@@H](CO)Cc1c[nH]c2ccccc12)c1cc(-c2cccc(CO)c2)cc2c1OCC2. The maximum atomic E-state index is 13.5. The first-order valence-electron chi connectivity index (χ1n) is 11.2. The van der Waals surface area contributed by atoms with E-state index in [0.717, 1.165) is 38.7 Å². The summed E-state index contributed by atoms with van der Waals surface area (Å²) in [7, 11) is -3.99. The van der Waals surface area contributed by atoms with E-state index in [2.05, 4.69) is 9.71 Å². The van der Waals surface area contributed by atoms with Crippen LogP contribution >= 0.6 is 0 Å². The molecule has 1 aliphatic rings. The fourth-order valence-electron chi connectivity index (χ4n) is 4.48. The average molecular weight is 479 g/mol. The monoisotopic (exact) mass is 478 g/mol. The van der Waals surface area contributed by atoms with E-state index >= 15 is 0 Å². The molecule has 0 aliphatic carbocycles. The van der Waals surface area contributed by atoms with E-state index in [-0.39, 0.29) is 18.1 Å². The van der Waals surface area contributed by atoms with Crippen molar-refractivity contribution >= 4 is 20.9 Å². The number of H-pyrrole nitrogens is 1. The Morgan fingerprint density at radius 1 is 1.03 bits per heavy atom. The lowest BCUT2D eigenvalue weighted by Gasteiger charge is -2.18. The molecule has 0 saturated carbocycles. The summed E-state index contributed by atoms with van der Waals surface area (Å²) in [6, 6.07) is 18.0. The molecule has 8 heteroatoms. The fraction of sp³-hybridized carbons (Fsp3) is 0.231. The summed E-state index contributed by atoms with van der Waals surface area (Å²) >= 11 is 0. The van der Waals surface area contributed by atoms with E-state index in [1.165, 1.54) is 0 Å². The summed E-state index contributed by atoms with van der Waals surface area (Å²) < 4.78 is 35.4. The number of aromatic amines is 1. The van der Waals surface area contributed by atoms with Gasteiger partial charge in [0.15, 0.2) is 0 Å². The molecule has 7 nitrogen and oxygen atoms in total. The summed E-state index contributed by atoms with van der Waals surface area (Å²) in [6.07, 6.45) is 2.79. The molecule has 1 atom stereocenters. The number of para-hydroxylation sites is 1. The van der Waals surface area contributed by atoms with Crippen molar-refractivity contribution in [1.82, 2.24) is 9.71 Å². The van der Waals surface area contributed by atoms with E-state index in [0.29, 0.717) is 25.2 Å². The zero-order valence-corrected chi connectivity index (χ0v) is 19.3. The minimum absolute atomic E-state index is 0.0595. The first kappa shape index (κ1) is 22.6. The lowest BCUT2D eigenvalue weighted by Crippen LogP contribution is -2.39. The lowest BCUT2D eigenvalue weighted by molar-refractivity contribution is 0.256. The summed E-state index contributed by atoms with van der Waals surface area (Å²) in [4.78, 5) is 3.24. The maximum Gasteiger partial charge on any atom is 0.244 e. The van der Waals surface area contributed by atoms with Gasteiger partial charge in [-0.15, -0.1) is 0 Å². The number of benzene rings is 3. The molecule has 0 spiro atoms. The van der Waals surface area contributed by atoms with E-state index in [1.807, 2.05) is 60.8 Å². The standard InChI is InChI=1S/C26H26N2O5S/c29-15-17-4-3-5-18(10-17)20-11-19-8-9-33-26(19)25(13-20)34(31,32)28-22(16-30)12-21-14-27-24-7-2-1-6-23(21)24/h1-7,10-11,13-14,22,27-30H,8-9,12,15-16H2/t22-/m1/s1. The Morgan fingerprint density at radius 3 is 2.71 bits per heavy atom. The van der Waals surface area contributed by atoms with Gasteiger partial charge in [-0.05, 0) is 58.5 Å². The third-order valence-corrected chi connectivity index (χ3v) is 7.69. The second-order valence-corrected chi connectivity index (χ2v) is 10.2. The van der Waals surface area contributed by atoms with Crippen LogP contribution in [0.2, 0.25) is 0 Å². The molecular formula is C26H26N2O5S. The van der Waals surface area contributed by atoms with E-state index < -0.39 is 16.1 Å². The minimum Gasteiger partial charge on any atom is -0.492 e. The van der Waals surface area contributed by atoms with Crippen LogP contribution < -0.4 is 9.46 Å². The van der Waals surface area contributed by atoms with Gasteiger partial charge in [0.25, 0.3) is 0 Å². The molecule has 2 heterocycles. The molecule has 0 fully saturated rings. The second-order valence-electron chi connectivity index (χ2n) is 8.48. The number of rotatable bonds is 8. The van der Waals surface area contributed by atoms with Crippen molar-refractivity contribution in [3.05, 3.63) is 83.6 Å². The molecule has 0 bridgehead atoms. The number of ether oxygens (including phenoxy) is 1. The third-order valence-electron chi connectivity index (χ3n) is 6.17. The van der Waals surface area contributed by atoms with Crippen LogP contribution in [0.4, 0.5) is 0 Å². The molecule has 1 aliphatic heterocycles. The van der Waals surface area contributed by atoms with Crippen molar-refractivity contribution in [3.8, 4) is 16.9 Å². The van der Waals surface area contributed by atoms with Gasteiger partial charge in [0, 0.05) is 29.6 Å². The molecule has 0 amide bonds. The van der Waals surface area contributed by atoms with Gasteiger partial charge < -0.3 is 19.9 Å². The van der Waals surface area contributed by atoms with Gasteiger partial charge in [0.05, 0.1) is 19.8 Å². The number of sulfonamides is 1. The van der Waals surface area contributed by atoms with Gasteiger partial charge in [-0.25, -0.2) is 13.1 Å². The highest BCUT2D eigenvalue weighted by Crippen LogP contribution is 2.37. The van der Waals surface area contributed by atoms with Crippen molar-refractivity contribution in [1.29, 1.82) is 0 Å². The largest absolute Gasteiger partial charge is 0.492 e. The molecule has 3 aromatic carbocycles. The van der Waals surface area contributed by atoms with E-state index in [1.54, 1.807) is 6.07 Å². The second kappa shape index (κ2) is 9.23. The molecule has 34 heavy (non-hydrogen) atoms. The Morgan fingerprint density at radius 2 is 1.88 bits per heavy atom. The number of nitrogens with one attached hydrogen (secondary N) is 2. The van der Waals surface area contributed by atoms with Crippen LogP contribution in [0.25, 0.3) is 22.0 Å². The number of aliphatic hydroxyl groups excluding tert-OH is 2. The highest BCUT2D eigenvalue weighted by atomic mass is 32.2. The smallest absolute Gasteiger partial charge is 0.244 e. The molecule has 0 unspecified atom stereocenters. The summed E-state index contributed by atoms with van der Waals surface area (Å²) in [5, 5.41) is 20.5. The summed E-state index contributed by atoms with van der Waals surface area (Å²) in [5.41, 5.74) is 5.00. The van der Waals surface area contributed by atoms with Crippen molar-refractivity contribution in [2.24, 2.45) is 0 Å². The van der Waals surface area contributed by atoms with Crippen molar-refractivity contribution in [2.75, 3.05) is 13.2 Å². The van der Waals surface area contributed by atoms with Crippen molar-refractivity contribution in [3.63, 3.8) is 0 Å². The van der Waals surface area contributed by atoms with Crippen LogP contribution in [0.3, 0.4) is 0 Å². The minimum atomic E-state index is -3.99. The Labute approximate surface area is 198 Å². The fourth-order valence-corrected chi connectivity index (χ4v) is 5.92. The summed E-state index contributed by atoms with van der Waals surface area (Å²) in [6.45, 7) is -0.0304. The van der Waals surface area contributed by atoms with Crippen molar-refractivity contribution in [2.45, 2.75) is 30.4 Å². The van der Waals surface area contributed by atoms with Crippen LogP contribution in [0.1, 0.15) is 16.7 Å². The van der Waals surface area contributed by atoms with Gasteiger partial charge in [-0.1, -0.05) is 36.4 Å². The highest BCUT2D eigenvalue weighted by Gasteiger charge is 2.29. The highest BCUT2D eigenvalue weighted by molar-refractivity contribution is 7.89. The average Bonchev–Trinajstić information content (AvgIpc) is 3.50. The van der Waals surface area contributed by atoms with Gasteiger partial charge in [-0.2, -0.15) is 0 Å². The maximum absolute atomic E-state index is 13.5. The van der Waals surface area contributed by atoms with Crippen LogP contribution in [-0.4, -0.2) is 42.9 Å². The van der Waals surface area contributed by atoms with Crippen LogP contribution in [-0.2, 0) is 29.5 Å². The van der Waals surface area contributed by atoms with E-state index in [4.69, 9.17) is 4.74 Å². The predicted molar refractivity (Wildman–Crippen MR) is 130 cm³/mol. The normalized spacial score (nSPS) is 14.2. The number of aliphatic hydroxyl groups is 2. The number of aromatic nitrogens is 1.